The van der Waals surface area contributed by atoms with Crippen LogP contribution in [0, 0.1) is 0 Å². The molecular weight excluding hydrogens is 461 g/mol. The van der Waals surface area contributed by atoms with Crippen LogP contribution in [0.3, 0.4) is 0 Å². The molecule has 2 fully saturated rings. The van der Waals surface area contributed by atoms with Crippen molar-refractivity contribution in [3.05, 3.63) is 68.7 Å². The van der Waals surface area contributed by atoms with Crippen LogP contribution >= 0.6 is 23.2 Å². The number of ketones is 1. The maximum absolute atomic E-state index is 13.3. The van der Waals surface area contributed by atoms with E-state index in [1.807, 2.05) is 24.3 Å². The summed E-state index contributed by atoms with van der Waals surface area (Å²) in [6.07, 6.45) is 5.72. The van der Waals surface area contributed by atoms with Crippen LogP contribution in [-0.4, -0.2) is 34.8 Å². The quantitative estimate of drug-likeness (QED) is 0.304. The van der Waals surface area contributed by atoms with Crippen molar-refractivity contribution in [1.29, 1.82) is 0 Å². The van der Waals surface area contributed by atoms with Gasteiger partial charge in [-0.2, -0.15) is 0 Å². The van der Waals surface area contributed by atoms with Crippen LogP contribution in [0.1, 0.15) is 61.8 Å². The van der Waals surface area contributed by atoms with Crippen molar-refractivity contribution in [2.24, 2.45) is 0 Å². The van der Waals surface area contributed by atoms with E-state index in [0.29, 0.717) is 0 Å². The van der Waals surface area contributed by atoms with Gasteiger partial charge in [0.1, 0.15) is 5.76 Å². The molecule has 1 saturated carbocycles. The van der Waals surface area contributed by atoms with E-state index in [2.05, 4.69) is 6.92 Å². The first kappa shape index (κ1) is 23.7. The molecule has 1 aliphatic heterocycles. The minimum Gasteiger partial charge on any atom is -0.507 e. The number of aliphatic hydroxyl groups is 1. The van der Waals surface area contributed by atoms with Crippen LogP contribution in [-0.2, 0) is 16.0 Å². The van der Waals surface area contributed by atoms with Crippen molar-refractivity contribution >= 4 is 40.7 Å². The summed E-state index contributed by atoms with van der Waals surface area (Å²) in [6.45, 7) is 2.07. The number of Topliss-reactive ketones (excluding diaryl/α,β-unsaturated/α-hetero) is 1. The maximum Gasteiger partial charge on any atom is 0.295 e. The first-order valence-electron chi connectivity index (χ1n) is 11.3. The van der Waals surface area contributed by atoms with Gasteiger partial charge in [-0.3, -0.25) is 9.59 Å². The fraction of sp³-hybridized carbons (Fsp3) is 0.385. The smallest absolute Gasteiger partial charge is 0.295 e. The van der Waals surface area contributed by atoms with Crippen molar-refractivity contribution in [3.63, 3.8) is 0 Å². The first-order valence-corrected chi connectivity index (χ1v) is 12.0. The molecule has 5 nitrogen and oxygen atoms in total. The van der Waals surface area contributed by atoms with Crippen LogP contribution in [0.25, 0.3) is 5.76 Å². The molecule has 0 bridgehead atoms. The molecular formula is C26H27Cl2NO4. The summed E-state index contributed by atoms with van der Waals surface area (Å²) >= 11 is 12.6. The minimum atomic E-state index is -0.689. The molecule has 0 radical (unpaired) electrons. The van der Waals surface area contributed by atoms with Gasteiger partial charge in [0.2, 0.25) is 0 Å². The number of methoxy groups -OCH3 is 1. The van der Waals surface area contributed by atoms with Crippen LogP contribution in [0.5, 0.6) is 5.75 Å². The van der Waals surface area contributed by atoms with E-state index in [1.54, 1.807) is 4.90 Å². The molecule has 1 amide bonds. The summed E-state index contributed by atoms with van der Waals surface area (Å²) in [6, 6.07) is 10.1. The Kier molecular flexibility index (Phi) is 7.01. The van der Waals surface area contributed by atoms with E-state index < -0.39 is 17.7 Å². The maximum atomic E-state index is 13.3. The number of amides is 1. The number of carbonyl (C=O) groups excluding carboxylic acids is 2. The molecule has 1 heterocycles. The molecule has 2 aliphatic rings. The highest BCUT2D eigenvalue weighted by atomic mass is 35.5. The molecule has 1 saturated heterocycles. The van der Waals surface area contributed by atoms with Gasteiger partial charge in [-0.1, -0.05) is 73.7 Å². The molecule has 33 heavy (non-hydrogen) atoms. The molecule has 0 spiro atoms. The second-order valence-electron chi connectivity index (χ2n) is 8.57. The third kappa shape index (κ3) is 4.36. The van der Waals surface area contributed by atoms with Gasteiger partial charge >= 0.3 is 0 Å². The van der Waals surface area contributed by atoms with Crippen molar-refractivity contribution < 1.29 is 19.4 Å². The average Bonchev–Trinajstić information content (AvgIpc) is 3.09. The van der Waals surface area contributed by atoms with E-state index >= 15 is 0 Å². The number of likely N-dealkylation sites (tertiary alicyclic amines) is 1. The van der Waals surface area contributed by atoms with E-state index in [1.165, 1.54) is 19.2 Å². The predicted octanol–water partition coefficient (Wildman–Crippen LogP) is 6.32. The van der Waals surface area contributed by atoms with Crippen molar-refractivity contribution in [2.45, 2.75) is 57.5 Å². The van der Waals surface area contributed by atoms with E-state index in [4.69, 9.17) is 27.9 Å². The van der Waals surface area contributed by atoms with Gasteiger partial charge < -0.3 is 14.7 Å². The van der Waals surface area contributed by atoms with Crippen molar-refractivity contribution in [2.75, 3.05) is 7.11 Å². The topological polar surface area (TPSA) is 66.8 Å². The molecule has 174 valence electrons. The predicted molar refractivity (Wildman–Crippen MR) is 130 cm³/mol. The summed E-state index contributed by atoms with van der Waals surface area (Å²) in [5.74, 6) is -1.27. The highest BCUT2D eigenvalue weighted by molar-refractivity contribution is 6.47. The zero-order chi connectivity index (χ0) is 23.7. The number of carbonyl (C=O) groups is 2. The summed E-state index contributed by atoms with van der Waals surface area (Å²) < 4.78 is 5.19. The zero-order valence-electron chi connectivity index (χ0n) is 18.7. The number of rotatable bonds is 5. The Morgan fingerprint density at radius 3 is 2.21 bits per heavy atom. The lowest BCUT2D eigenvalue weighted by Gasteiger charge is -2.35. The summed E-state index contributed by atoms with van der Waals surface area (Å²) in [5.41, 5.74) is 2.28. The molecule has 1 N–H and O–H groups in total. The number of nitrogens with zero attached hydrogens (tertiary/aromatic N) is 1. The Hall–Kier alpha value is -2.50. The van der Waals surface area contributed by atoms with Gasteiger partial charge in [0, 0.05) is 11.6 Å². The normalized spacial score (nSPS) is 21.0. The van der Waals surface area contributed by atoms with Gasteiger partial charge in [-0.25, -0.2) is 0 Å². The van der Waals surface area contributed by atoms with Gasteiger partial charge in [0.05, 0.1) is 28.8 Å². The van der Waals surface area contributed by atoms with E-state index in [0.717, 1.165) is 49.7 Å². The first-order chi connectivity index (χ1) is 15.9. The van der Waals surface area contributed by atoms with E-state index in [9.17, 15) is 14.7 Å². The van der Waals surface area contributed by atoms with Crippen molar-refractivity contribution in [1.82, 2.24) is 4.90 Å². The lowest BCUT2D eigenvalue weighted by molar-refractivity contribution is -0.141. The molecule has 1 atom stereocenters. The summed E-state index contributed by atoms with van der Waals surface area (Å²) in [7, 11) is 1.45. The summed E-state index contributed by atoms with van der Waals surface area (Å²) in [4.78, 5) is 28.2. The van der Waals surface area contributed by atoms with Crippen molar-refractivity contribution in [3.8, 4) is 5.75 Å². The second kappa shape index (κ2) is 9.78. The lowest BCUT2D eigenvalue weighted by Crippen LogP contribution is -2.40. The minimum absolute atomic E-state index is 0.0422. The number of hydrogen-bond donors (Lipinski definition) is 1. The number of hydrogen-bond acceptors (Lipinski definition) is 4. The number of ether oxygens (including phenoxy) is 1. The monoisotopic (exact) mass is 487 g/mol. The lowest BCUT2D eigenvalue weighted by atomic mass is 9.90. The third-order valence-corrected chi connectivity index (χ3v) is 7.19. The summed E-state index contributed by atoms with van der Waals surface area (Å²) in [5, 5.41) is 11.7. The fourth-order valence-corrected chi connectivity index (χ4v) is 5.54. The zero-order valence-corrected chi connectivity index (χ0v) is 20.2. The number of aliphatic hydroxyl groups excluding tert-OH is 1. The molecule has 2 aromatic carbocycles. The standard InChI is InChI=1S/C26H27Cl2NO4/c1-3-15-9-11-16(12-10-15)22-21(23(30)17-13-19(27)25(33-2)20(28)14-17)24(31)26(32)29(22)18-7-5-4-6-8-18/h9-14,18,22,30H,3-8H2,1-2H3/b23-21+. The molecule has 0 aromatic heterocycles. The average molecular weight is 488 g/mol. The molecule has 1 unspecified atom stereocenters. The fourth-order valence-electron chi connectivity index (χ4n) is 4.90. The molecule has 4 rings (SSSR count). The van der Waals surface area contributed by atoms with Crippen LogP contribution in [0.15, 0.2) is 42.0 Å². The Balaban J connectivity index is 1.88. The molecule has 1 aliphatic carbocycles. The van der Waals surface area contributed by atoms with Crippen LogP contribution in [0.2, 0.25) is 10.0 Å². The van der Waals surface area contributed by atoms with Gasteiger partial charge in [-0.15, -0.1) is 0 Å². The van der Waals surface area contributed by atoms with Gasteiger partial charge in [0.25, 0.3) is 11.7 Å². The number of halogens is 2. The number of benzene rings is 2. The van der Waals surface area contributed by atoms with Crippen LogP contribution in [0.4, 0.5) is 0 Å². The molecule has 2 aromatic rings. The Morgan fingerprint density at radius 1 is 1.06 bits per heavy atom. The SMILES string of the molecule is CCc1ccc(C2/C(=C(\O)c3cc(Cl)c(OC)c(Cl)c3)C(=O)C(=O)N2C2CCCCC2)cc1. The molecule has 7 heteroatoms. The Labute approximate surface area is 203 Å². The third-order valence-electron chi connectivity index (χ3n) is 6.63. The number of aryl methyl sites for hydroxylation is 1. The second-order valence-corrected chi connectivity index (χ2v) is 9.38. The van der Waals surface area contributed by atoms with Gasteiger partial charge in [-0.05, 0) is 42.5 Å². The van der Waals surface area contributed by atoms with Gasteiger partial charge in [0.15, 0.2) is 5.75 Å². The largest absolute Gasteiger partial charge is 0.507 e. The van der Waals surface area contributed by atoms with Crippen LogP contribution < -0.4 is 4.74 Å². The Morgan fingerprint density at radius 2 is 1.67 bits per heavy atom. The van der Waals surface area contributed by atoms with E-state index in [-0.39, 0.29) is 38.7 Å². The highest BCUT2D eigenvalue weighted by Gasteiger charge is 2.48. The highest BCUT2D eigenvalue weighted by Crippen LogP contribution is 2.44. The Bertz CT molecular complexity index is 1080.